The standard InChI is InChI=1S/C14H21FN2O3S/c1-9-4-12(15)5-10(2)14(9)21(18,19)17-7-11(3)20-13(6-16)8-17/h4-5,11,13H,6-8,16H2,1-3H3. The summed E-state index contributed by atoms with van der Waals surface area (Å²) in [6, 6.07) is 2.48. The highest BCUT2D eigenvalue weighted by Gasteiger charge is 2.35. The van der Waals surface area contributed by atoms with E-state index in [-0.39, 0.29) is 36.7 Å². The molecular weight excluding hydrogens is 295 g/mol. The van der Waals surface area contributed by atoms with Gasteiger partial charge in [0.25, 0.3) is 0 Å². The van der Waals surface area contributed by atoms with Gasteiger partial charge in [-0.15, -0.1) is 0 Å². The van der Waals surface area contributed by atoms with Gasteiger partial charge in [-0.3, -0.25) is 0 Å². The summed E-state index contributed by atoms with van der Waals surface area (Å²) in [6.45, 7) is 5.78. The second kappa shape index (κ2) is 6.00. The molecule has 0 radical (unpaired) electrons. The van der Waals surface area contributed by atoms with E-state index in [2.05, 4.69) is 0 Å². The van der Waals surface area contributed by atoms with Crippen LogP contribution in [-0.4, -0.2) is 44.6 Å². The zero-order chi connectivity index (χ0) is 15.8. The van der Waals surface area contributed by atoms with Gasteiger partial charge in [0.15, 0.2) is 0 Å². The lowest BCUT2D eigenvalue weighted by Crippen LogP contribution is -2.51. The first kappa shape index (κ1) is 16.4. The second-order valence-electron chi connectivity index (χ2n) is 5.50. The van der Waals surface area contributed by atoms with Crippen molar-refractivity contribution in [3.63, 3.8) is 0 Å². The van der Waals surface area contributed by atoms with E-state index in [4.69, 9.17) is 10.5 Å². The molecule has 0 aromatic heterocycles. The first-order chi connectivity index (χ1) is 9.75. The van der Waals surface area contributed by atoms with Crippen LogP contribution in [0.2, 0.25) is 0 Å². The van der Waals surface area contributed by atoms with Crippen LogP contribution in [-0.2, 0) is 14.8 Å². The Bertz CT molecular complexity index is 610. The van der Waals surface area contributed by atoms with Crippen molar-refractivity contribution in [1.29, 1.82) is 0 Å². The summed E-state index contributed by atoms with van der Waals surface area (Å²) in [6.07, 6.45) is -0.535. The number of halogens is 1. The summed E-state index contributed by atoms with van der Waals surface area (Å²) in [4.78, 5) is 0.175. The average molecular weight is 316 g/mol. The zero-order valence-corrected chi connectivity index (χ0v) is 13.3. The number of ether oxygens (including phenoxy) is 1. The summed E-state index contributed by atoms with van der Waals surface area (Å²) < 4.78 is 46.0. The van der Waals surface area contributed by atoms with Crippen molar-refractivity contribution >= 4 is 10.0 Å². The zero-order valence-electron chi connectivity index (χ0n) is 12.5. The molecule has 1 aliphatic heterocycles. The second-order valence-corrected chi connectivity index (χ2v) is 7.37. The molecule has 1 aromatic rings. The van der Waals surface area contributed by atoms with Crippen LogP contribution in [0, 0.1) is 19.7 Å². The van der Waals surface area contributed by atoms with E-state index in [1.54, 1.807) is 13.8 Å². The number of sulfonamides is 1. The summed E-state index contributed by atoms with van der Waals surface area (Å²) in [5.74, 6) is -0.431. The van der Waals surface area contributed by atoms with Crippen LogP contribution >= 0.6 is 0 Å². The van der Waals surface area contributed by atoms with E-state index < -0.39 is 15.8 Å². The lowest BCUT2D eigenvalue weighted by atomic mass is 10.1. The summed E-state index contributed by atoms with van der Waals surface area (Å²) >= 11 is 0. The number of hydrogen-bond acceptors (Lipinski definition) is 4. The molecule has 0 spiro atoms. The lowest BCUT2D eigenvalue weighted by Gasteiger charge is -2.36. The molecule has 2 unspecified atom stereocenters. The van der Waals surface area contributed by atoms with Gasteiger partial charge in [0, 0.05) is 19.6 Å². The van der Waals surface area contributed by atoms with Crippen molar-refractivity contribution in [2.24, 2.45) is 5.73 Å². The maximum atomic E-state index is 13.4. The highest BCUT2D eigenvalue weighted by molar-refractivity contribution is 7.89. The molecule has 1 saturated heterocycles. The number of nitrogens with zero attached hydrogens (tertiary/aromatic N) is 1. The Morgan fingerprint density at radius 1 is 1.33 bits per heavy atom. The summed E-state index contributed by atoms with van der Waals surface area (Å²) in [5.41, 5.74) is 6.42. The average Bonchev–Trinajstić information content (AvgIpc) is 2.36. The van der Waals surface area contributed by atoms with Crippen LogP contribution in [0.3, 0.4) is 0 Å². The number of morpholine rings is 1. The molecule has 0 aliphatic carbocycles. The van der Waals surface area contributed by atoms with Gasteiger partial charge in [-0.2, -0.15) is 4.31 Å². The van der Waals surface area contributed by atoms with Gasteiger partial charge in [-0.05, 0) is 44.0 Å². The molecule has 2 atom stereocenters. The molecule has 21 heavy (non-hydrogen) atoms. The molecule has 1 aromatic carbocycles. The molecule has 5 nitrogen and oxygen atoms in total. The minimum atomic E-state index is -3.68. The Morgan fingerprint density at radius 2 is 1.90 bits per heavy atom. The minimum absolute atomic E-state index is 0.175. The molecule has 1 heterocycles. The third kappa shape index (κ3) is 3.26. The number of nitrogens with two attached hydrogens (primary N) is 1. The quantitative estimate of drug-likeness (QED) is 0.909. The summed E-state index contributed by atoms with van der Waals surface area (Å²) in [7, 11) is -3.68. The fraction of sp³-hybridized carbons (Fsp3) is 0.571. The molecule has 0 bridgehead atoms. The first-order valence-electron chi connectivity index (χ1n) is 6.88. The molecule has 118 valence electrons. The third-order valence-electron chi connectivity index (χ3n) is 3.58. The molecule has 0 amide bonds. The number of rotatable bonds is 3. The number of hydrogen-bond donors (Lipinski definition) is 1. The maximum absolute atomic E-state index is 13.4. The van der Waals surface area contributed by atoms with Gasteiger partial charge in [0.2, 0.25) is 10.0 Å². The van der Waals surface area contributed by atoms with E-state index in [0.29, 0.717) is 11.1 Å². The predicted molar refractivity (Wildman–Crippen MR) is 78.0 cm³/mol. The fourth-order valence-electron chi connectivity index (χ4n) is 2.76. The molecule has 2 rings (SSSR count). The normalized spacial score (nSPS) is 24.2. The molecule has 0 saturated carbocycles. The molecule has 1 aliphatic rings. The van der Waals surface area contributed by atoms with Crippen LogP contribution in [0.4, 0.5) is 4.39 Å². The molecule has 1 fully saturated rings. The minimum Gasteiger partial charge on any atom is -0.371 e. The molecular formula is C14H21FN2O3S. The van der Waals surface area contributed by atoms with Crippen molar-refractivity contribution in [3.05, 3.63) is 29.1 Å². The van der Waals surface area contributed by atoms with Gasteiger partial charge >= 0.3 is 0 Å². The fourth-order valence-corrected chi connectivity index (χ4v) is 4.72. The monoisotopic (exact) mass is 316 g/mol. The Hall–Kier alpha value is -1.02. The Labute approximate surface area is 124 Å². The SMILES string of the molecule is Cc1cc(F)cc(C)c1S(=O)(=O)N1CC(C)OC(CN)C1. The largest absolute Gasteiger partial charge is 0.371 e. The molecule has 7 heteroatoms. The van der Waals surface area contributed by atoms with E-state index >= 15 is 0 Å². The van der Waals surface area contributed by atoms with Crippen molar-refractivity contribution in [2.45, 2.75) is 37.9 Å². The third-order valence-corrected chi connectivity index (χ3v) is 5.72. The van der Waals surface area contributed by atoms with Crippen molar-refractivity contribution < 1.29 is 17.5 Å². The van der Waals surface area contributed by atoms with Crippen LogP contribution in [0.25, 0.3) is 0 Å². The van der Waals surface area contributed by atoms with Gasteiger partial charge in [0.1, 0.15) is 5.82 Å². The summed E-state index contributed by atoms with van der Waals surface area (Å²) in [5, 5.41) is 0. The highest BCUT2D eigenvalue weighted by atomic mass is 32.2. The van der Waals surface area contributed by atoms with Crippen LogP contribution in [0.15, 0.2) is 17.0 Å². The molecule has 2 N–H and O–H groups in total. The van der Waals surface area contributed by atoms with Gasteiger partial charge in [-0.25, -0.2) is 12.8 Å². The first-order valence-corrected chi connectivity index (χ1v) is 8.32. The topological polar surface area (TPSA) is 72.6 Å². The highest BCUT2D eigenvalue weighted by Crippen LogP contribution is 2.27. The van der Waals surface area contributed by atoms with Crippen LogP contribution in [0.5, 0.6) is 0 Å². The van der Waals surface area contributed by atoms with Crippen molar-refractivity contribution in [2.75, 3.05) is 19.6 Å². The van der Waals surface area contributed by atoms with Crippen molar-refractivity contribution in [1.82, 2.24) is 4.31 Å². The van der Waals surface area contributed by atoms with E-state index in [9.17, 15) is 12.8 Å². The maximum Gasteiger partial charge on any atom is 0.243 e. The Kier molecular flexibility index (Phi) is 4.67. The Balaban J connectivity index is 2.43. The van der Waals surface area contributed by atoms with E-state index in [1.165, 1.54) is 16.4 Å². The van der Waals surface area contributed by atoms with Gasteiger partial charge < -0.3 is 10.5 Å². The van der Waals surface area contributed by atoms with Gasteiger partial charge in [0.05, 0.1) is 17.1 Å². The lowest BCUT2D eigenvalue weighted by molar-refractivity contribution is -0.0486. The smallest absolute Gasteiger partial charge is 0.243 e. The number of benzene rings is 1. The van der Waals surface area contributed by atoms with E-state index in [0.717, 1.165) is 0 Å². The van der Waals surface area contributed by atoms with E-state index in [1.807, 2.05) is 6.92 Å². The van der Waals surface area contributed by atoms with Crippen LogP contribution < -0.4 is 5.73 Å². The van der Waals surface area contributed by atoms with Gasteiger partial charge in [-0.1, -0.05) is 0 Å². The van der Waals surface area contributed by atoms with Crippen LogP contribution in [0.1, 0.15) is 18.1 Å². The van der Waals surface area contributed by atoms with Crippen molar-refractivity contribution in [3.8, 4) is 0 Å². The number of aryl methyl sites for hydroxylation is 2. The Morgan fingerprint density at radius 3 is 2.43 bits per heavy atom. The predicted octanol–water partition coefficient (Wildman–Crippen LogP) is 1.18.